The monoisotopic (exact) mass is 264 g/mol. The van der Waals surface area contributed by atoms with Crippen LogP contribution in [0.5, 0.6) is 0 Å². The molecule has 4 heteroatoms. The summed E-state index contributed by atoms with van der Waals surface area (Å²) in [6, 6.07) is 2.07. The first-order chi connectivity index (χ1) is 7.08. The second kappa shape index (κ2) is 4.62. The summed E-state index contributed by atoms with van der Waals surface area (Å²) < 4.78 is 6.59. The summed E-state index contributed by atoms with van der Waals surface area (Å²) in [5.41, 5.74) is 1.10. The molecule has 0 saturated carbocycles. The zero-order valence-corrected chi connectivity index (χ0v) is 11.1. The molecule has 1 aromatic heterocycles. The third-order valence-corrected chi connectivity index (χ3v) is 5.02. The highest BCUT2D eigenvalue weighted by molar-refractivity contribution is 7.16. The second-order valence-electron chi connectivity index (χ2n) is 4.07. The molecule has 1 fully saturated rings. The van der Waals surface area contributed by atoms with Crippen molar-refractivity contribution in [3.8, 4) is 0 Å². The first-order valence-corrected chi connectivity index (χ1v) is 6.76. The summed E-state index contributed by atoms with van der Waals surface area (Å²) in [7, 11) is 0. The van der Waals surface area contributed by atoms with Crippen molar-refractivity contribution in [3.63, 3.8) is 0 Å². The van der Waals surface area contributed by atoms with E-state index in [1.165, 1.54) is 0 Å². The number of alkyl halides is 1. The minimum atomic E-state index is -0.0499. The summed E-state index contributed by atoms with van der Waals surface area (Å²) in [6.07, 6.45) is 2.64. The smallest absolute Gasteiger partial charge is 0.0960 e. The average Bonchev–Trinajstić information content (AvgIpc) is 2.74. The van der Waals surface area contributed by atoms with Gasteiger partial charge in [-0.15, -0.1) is 22.9 Å². The lowest BCUT2D eigenvalue weighted by atomic mass is 10.1. The van der Waals surface area contributed by atoms with E-state index < -0.39 is 0 Å². The summed E-state index contributed by atoms with van der Waals surface area (Å²) in [4.78, 5) is 1.12. The Morgan fingerprint density at radius 3 is 2.73 bits per heavy atom. The van der Waals surface area contributed by atoms with Crippen LogP contribution >= 0.6 is 34.5 Å². The van der Waals surface area contributed by atoms with Gasteiger partial charge in [-0.1, -0.05) is 11.6 Å². The number of hydrogen-bond donors (Lipinski definition) is 0. The first-order valence-electron chi connectivity index (χ1n) is 5.13. The lowest BCUT2D eigenvalue weighted by Gasteiger charge is -2.15. The number of thiophene rings is 1. The SMILES string of the molecule is Cc1cc(C(Cl)C2CCC(C)O2)sc1Cl. The molecule has 1 saturated heterocycles. The number of aryl methyl sites for hydroxylation is 1. The number of ether oxygens (including phenoxy) is 1. The molecule has 1 aliphatic heterocycles. The van der Waals surface area contributed by atoms with Gasteiger partial charge in [0.25, 0.3) is 0 Å². The van der Waals surface area contributed by atoms with Crippen LogP contribution in [0.15, 0.2) is 6.07 Å². The minimum Gasteiger partial charge on any atom is -0.373 e. The third kappa shape index (κ3) is 2.50. The fraction of sp³-hybridized carbons (Fsp3) is 0.636. The summed E-state index contributed by atoms with van der Waals surface area (Å²) in [6.45, 7) is 4.10. The van der Waals surface area contributed by atoms with Crippen molar-refractivity contribution in [1.29, 1.82) is 0 Å². The molecule has 2 heterocycles. The van der Waals surface area contributed by atoms with E-state index in [1.807, 2.05) is 6.92 Å². The van der Waals surface area contributed by atoms with Crippen molar-refractivity contribution in [2.24, 2.45) is 0 Å². The topological polar surface area (TPSA) is 9.23 Å². The third-order valence-electron chi connectivity index (χ3n) is 2.74. The van der Waals surface area contributed by atoms with Gasteiger partial charge in [-0.3, -0.25) is 0 Å². The van der Waals surface area contributed by atoms with Crippen LogP contribution in [0, 0.1) is 6.92 Å². The summed E-state index contributed by atoms with van der Waals surface area (Å²) in [5.74, 6) is 0. The van der Waals surface area contributed by atoms with Crippen molar-refractivity contribution < 1.29 is 4.74 Å². The maximum Gasteiger partial charge on any atom is 0.0960 e. The van der Waals surface area contributed by atoms with Gasteiger partial charge >= 0.3 is 0 Å². The van der Waals surface area contributed by atoms with Crippen LogP contribution in [0.4, 0.5) is 0 Å². The molecule has 1 aliphatic rings. The van der Waals surface area contributed by atoms with E-state index in [0.717, 1.165) is 27.6 Å². The zero-order valence-electron chi connectivity index (χ0n) is 8.80. The van der Waals surface area contributed by atoms with Gasteiger partial charge in [0.2, 0.25) is 0 Å². The highest BCUT2D eigenvalue weighted by Crippen LogP contribution is 2.40. The van der Waals surface area contributed by atoms with Crippen molar-refractivity contribution in [3.05, 3.63) is 20.8 Å². The molecule has 0 aromatic carbocycles. The molecule has 0 N–H and O–H groups in total. The molecule has 1 nitrogen and oxygen atoms in total. The summed E-state index contributed by atoms with van der Waals surface area (Å²) in [5, 5.41) is -0.0499. The predicted molar refractivity (Wildman–Crippen MR) is 66.2 cm³/mol. The van der Waals surface area contributed by atoms with E-state index in [-0.39, 0.29) is 11.5 Å². The zero-order chi connectivity index (χ0) is 11.0. The van der Waals surface area contributed by atoms with Crippen LogP contribution in [0.1, 0.15) is 35.6 Å². The minimum absolute atomic E-state index is 0.0499. The van der Waals surface area contributed by atoms with Gasteiger partial charge in [0.15, 0.2) is 0 Å². The van der Waals surface area contributed by atoms with E-state index in [0.29, 0.717) is 6.10 Å². The Hall–Kier alpha value is 0.240. The normalized spacial score (nSPS) is 28.3. The van der Waals surface area contributed by atoms with Crippen LogP contribution in [0.3, 0.4) is 0 Å². The van der Waals surface area contributed by atoms with E-state index in [2.05, 4.69) is 13.0 Å². The number of rotatable bonds is 2. The molecule has 0 aliphatic carbocycles. The molecule has 2 rings (SSSR count). The van der Waals surface area contributed by atoms with Crippen LogP contribution in [0.25, 0.3) is 0 Å². The second-order valence-corrected chi connectivity index (χ2v) is 6.23. The van der Waals surface area contributed by atoms with Crippen LogP contribution in [-0.2, 0) is 4.74 Å². The fourth-order valence-corrected chi connectivity index (χ4v) is 3.48. The fourth-order valence-electron chi connectivity index (χ4n) is 1.85. The largest absolute Gasteiger partial charge is 0.373 e. The van der Waals surface area contributed by atoms with Crippen molar-refractivity contribution in [1.82, 2.24) is 0 Å². The molecule has 0 bridgehead atoms. The van der Waals surface area contributed by atoms with Gasteiger partial charge in [-0.2, -0.15) is 0 Å². The van der Waals surface area contributed by atoms with Crippen molar-refractivity contribution >= 4 is 34.5 Å². The molecule has 15 heavy (non-hydrogen) atoms. The maximum absolute atomic E-state index is 6.39. The van der Waals surface area contributed by atoms with E-state index >= 15 is 0 Å². The molecule has 84 valence electrons. The lowest BCUT2D eigenvalue weighted by Crippen LogP contribution is -2.13. The van der Waals surface area contributed by atoms with Crippen LogP contribution in [0.2, 0.25) is 4.34 Å². The molecular formula is C11H14Cl2OS. The molecule has 1 aromatic rings. The number of halogens is 2. The van der Waals surface area contributed by atoms with Crippen molar-refractivity contribution in [2.75, 3.05) is 0 Å². The van der Waals surface area contributed by atoms with Gasteiger partial charge in [-0.05, 0) is 38.3 Å². The average molecular weight is 265 g/mol. The molecular weight excluding hydrogens is 251 g/mol. The molecule has 3 unspecified atom stereocenters. The Morgan fingerprint density at radius 2 is 2.27 bits per heavy atom. The standard InChI is InChI=1S/C11H14Cl2OS/c1-6-5-9(15-11(6)13)10(12)8-4-3-7(2)14-8/h5,7-8,10H,3-4H2,1-2H3. The van der Waals surface area contributed by atoms with Crippen LogP contribution < -0.4 is 0 Å². The van der Waals surface area contributed by atoms with Gasteiger partial charge in [0, 0.05) is 4.88 Å². The molecule has 0 amide bonds. The maximum atomic E-state index is 6.39. The lowest BCUT2D eigenvalue weighted by molar-refractivity contribution is 0.0538. The van der Waals surface area contributed by atoms with E-state index in [9.17, 15) is 0 Å². The van der Waals surface area contributed by atoms with E-state index in [1.54, 1.807) is 11.3 Å². The highest BCUT2D eigenvalue weighted by atomic mass is 35.5. The van der Waals surface area contributed by atoms with Gasteiger partial charge < -0.3 is 4.74 Å². The Balaban J connectivity index is 2.10. The number of hydrogen-bond acceptors (Lipinski definition) is 2. The Labute approximate surface area is 104 Å². The Kier molecular flexibility index (Phi) is 3.61. The quantitative estimate of drug-likeness (QED) is 0.712. The first kappa shape index (κ1) is 11.7. The Morgan fingerprint density at radius 1 is 1.53 bits per heavy atom. The van der Waals surface area contributed by atoms with E-state index in [4.69, 9.17) is 27.9 Å². The Bertz CT molecular complexity index is 331. The van der Waals surface area contributed by atoms with Gasteiger partial charge in [0.1, 0.15) is 0 Å². The highest BCUT2D eigenvalue weighted by Gasteiger charge is 2.30. The summed E-state index contributed by atoms with van der Waals surface area (Å²) >= 11 is 14.0. The predicted octanol–water partition coefficient (Wildman–Crippen LogP) is 4.56. The molecule has 0 spiro atoms. The molecule has 3 atom stereocenters. The van der Waals surface area contributed by atoms with Gasteiger partial charge in [0.05, 0.1) is 21.9 Å². The van der Waals surface area contributed by atoms with Crippen LogP contribution in [-0.4, -0.2) is 12.2 Å². The van der Waals surface area contributed by atoms with Gasteiger partial charge in [-0.25, -0.2) is 0 Å². The molecule has 0 radical (unpaired) electrons. The van der Waals surface area contributed by atoms with Crippen molar-refractivity contribution in [2.45, 2.75) is 44.3 Å².